The standard InChI is InChI=1S/C17H17.C17H29.C13H10.2ClH.Zr/c1-3-12-5-7-16-14(9-12)11-15-10-13(4-2)6-8-17(15)16;1-10(2)14-9-15(11(3)4)17(13(7)8)16(14)12(5)6;1-3-7-12(8-4-1)11-13-9-5-2-6-10-13;;;/h5-11H,3-4H2,1-2H3;10-14H,1-8H3;1-10H;2*1H;/q2*-1;;;;+2/p-2. The molecule has 0 N–H and O–H groups in total. The molecular formula is C47H56Cl2Zr-2. The Bertz CT molecular complexity index is 1750. The first-order chi connectivity index (χ1) is 23.0. The molecule has 0 heterocycles. The summed E-state index contributed by atoms with van der Waals surface area (Å²) in [6, 6.07) is 37.1. The van der Waals surface area contributed by atoms with Gasteiger partial charge in [0.2, 0.25) is 0 Å². The van der Waals surface area contributed by atoms with E-state index >= 15 is 0 Å². The summed E-state index contributed by atoms with van der Waals surface area (Å²) < 4.78 is 1.42. The molecule has 5 aromatic carbocycles. The number of hydrogen-bond donors (Lipinski definition) is 0. The van der Waals surface area contributed by atoms with Crippen molar-refractivity contribution < 1.29 is 49.0 Å². The molecule has 1 aliphatic carbocycles. The predicted molar refractivity (Wildman–Crippen MR) is 209 cm³/mol. The van der Waals surface area contributed by atoms with Crippen LogP contribution in [0, 0.1) is 35.7 Å². The maximum absolute atomic E-state index is 3.80. The van der Waals surface area contributed by atoms with Gasteiger partial charge in [-0.15, -0.1) is 39.7 Å². The number of fused-ring (bicyclic) bond motifs is 3. The molecule has 50 heavy (non-hydrogen) atoms. The van der Waals surface area contributed by atoms with Crippen molar-refractivity contribution in [1.29, 1.82) is 0 Å². The van der Waals surface area contributed by atoms with Crippen molar-refractivity contribution in [2.24, 2.45) is 29.6 Å². The molecule has 0 amide bonds. The van der Waals surface area contributed by atoms with Gasteiger partial charge in [-0.3, -0.25) is 6.08 Å². The molecule has 0 radical (unpaired) electrons. The Morgan fingerprint density at radius 2 is 1.06 bits per heavy atom. The molecule has 6 rings (SSSR count). The first-order valence-corrected chi connectivity index (χ1v) is 19.4. The first-order valence-electron chi connectivity index (χ1n) is 18.1. The number of hydrogen-bond acceptors (Lipinski definition) is 0. The number of rotatable bonds is 8. The molecule has 1 atom stereocenters. The molecular weight excluding hydrogens is 727 g/mol. The topological polar surface area (TPSA) is 0 Å². The average molecular weight is 783 g/mol. The number of allylic oxidation sites excluding steroid dienone is 4. The van der Waals surface area contributed by atoms with E-state index in [0.717, 1.165) is 12.8 Å². The zero-order valence-electron chi connectivity index (χ0n) is 31.9. The van der Waals surface area contributed by atoms with Crippen LogP contribution in [-0.2, 0) is 37.1 Å². The van der Waals surface area contributed by atoms with E-state index in [1.807, 2.05) is 0 Å². The van der Waals surface area contributed by atoms with Crippen LogP contribution >= 0.6 is 0 Å². The van der Waals surface area contributed by atoms with Crippen molar-refractivity contribution >= 4 is 24.8 Å². The molecule has 0 nitrogen and oxygen atoms in total. The normalized spacial score (nSPS) is 13.9. The number of aryl methyl sites for hydroxylation is 2. The maximum atomic E-state index is 3.80. The summed E-state index contributed by atoms with van der Waals surface area (Å²) in [6.07, 6.45) is 6.01. The third-order valence-corrected chi connectivity index (χ3v) is 10.9. The van der Waals surface area contributed by atoms with E-state index in [1.54, 1.807) is 11.1 Å². The van der Waals surface area contributed by atoms with Crippen LogP contribution in [0.3, 0.4) is 0 Å². The van der Waals surface area contributed by atoms with E-state index in [2.05, 4.69) is 178 Å². The molecule has 1 unspecified atom stereocenters. The van der Waals surface area contributed by atoms with Crippen LogP contribution in [0.15, 0.2) is 120 Å². The molecule has 0 aromatic heterocycles. The van der Waals surface area contributed by atoms with Gasteiger partial charge in [-0.2, -0.15) is 11.1 Å². The fourth-order valence-corrected chi connectivity index (χ4v) is 7.72. The molecule has 0 saturated carbocycles. The van der Waals surface area contributed by atoms with Crippen LogP contribution in [0.5, 0.6) is 0 Å². The van der Waals surface area contributed by atoms with Gasteiger partial charge in [0, 0.05) is 0 Å². The van der Waals surface area contributed by atoms with E-state index in [1.165, 1.54) is 76.8 Å². The Morgan fingerprint density at radius 1 is 0.620 bits per heavy atom. The molecule has 5 aromatic rings. The fourth-order valence-electron chi connectivity index (χ4n) is 6.90. The summed E-state index contributed by atoms with van der Waals surface area (Å²) in [5, 5.41) is 5.54. The average Bonchev–Trinajstić information content (AvgIpc) is 3.69. The van der Waals surface area contributed by atoms with Gasteiger partial charge >= 0.3 is 99.2 Å². The summed E-state index contributed by atoms with van der Waals surface area (Å²) in [5.74, 6) is 3.08. The Balaban J connectivity index is 0.000000256. The van der Waals surface area contributed by atoms with Crippen LogP contribution in [0.25, 0.3) is 21.5 Å². The van der Waals surface area contributed by atoms with Crippen molar-refractivity contribution in [3.05, 3.63) is 148 Å². The summed E-state index contributed by atoms with van der Waals surface area (Å²) in [5.41, 5.74) is 10.2. The van der Waals surface area contributed by atoms with Crippen molar-refractivity contribution in [2.45, 2.75) is 82.1 Å². The molecule has 1 aliphatic rings. The van der Waals surface area contributed by atoms with Crippen molar-refractivity contribution in [1.82, 2.24) is 0 Å². The van der Waals surface area contributed by atoms with Gasteiger partial charge in [0.05, 0.1) is 0 Å². The minimum absolute atomic E-state index is 0. The Hall–Kier alpha value is -2.44. The molecule has 0 aliphatic heterocycles. The Labute approximate surface area is 331 Å². The van der Waals surface area contributed by atoms with Crippen LogP contribution in [0.2, 0.25) is 0 Å². The third-order valence-electron chi connectivity index (χ3n) is 9.47. The monoisotopic (exact) mass is 780 g/mol. The fraction of sp³-hybridized carbons (Fsp3) is 0.362. The SMILES string of the molecule is CC(C)C1=[C-]C(C(C)C)C(C(C)C)=C1C(C)C.CCc1ccc2c(c1)[cH-]c1cc(CC)ccc12.[Cl-].[Cl-].[Zr+2]=[C](c1ccccc1)c1ccccc1. The second kappa shape index (κ2) is 20.6. The Morgan fingerprint density at radius 3 is 1.40 bits per heavy atom. The summed E-state index contributed by atoms with van der Waals surface area (Å²) in [6.45, 7) is 23.0. The van der Waals surface area contributed by atoms with Crippen LogP contribution < -0.4 is 24.8 Å². The van der Waals surface area contributed by atoms with E-state index in [4.69, 9.17) is 0 Å². The van der Waals surface area contributed by atoms with Gasteiger partial charge in [-0.05, 0) is 18.8 Å². The van der Waals surface area contributed by atoms with Crippen molar-refractivity contribution in [3.63, 3.8) is 0 Å². The van der Waals surface area contributed by atoms with E-state index in [-0.39, 0.29) is 24.8 Å². The van der Waals surface area contributed by atoms with Gasteiger partial charge in [0.25, 0.3) is 0 Å². The molecule has 0 saturated heterocycles. The number of benzene rings is 4. The Kier molecular flexibility index (Phi) is 18.0. The summed E-state index contributed by atoms with van der Waals surface area (Å²) in [4.78, 5) is 0. The quantitative estimate of drug-likeness (QED) is 0.150. The van der Waals surface area contributed by atoms with Gasteiger partial charge in [0.1, 0.15) is 0 Å². The van der Waals surface area contributed by atoms with Gasteiger partial charge < -0.3 is 24.8 Å². The second-order valence-corrected chi connectivity index (χ2v) is 15.6. The van der Waals surface area contributed by atoms with Gasteiger partial charge in [0.15, 0.2) is 0 Å². The van der Waals surface area contributed by atoms with E-state index in [0.29, 0.717) is 29.6 Å². The molecule has 0 spiro atoms. The summed E-state index contributed by atoms with van der Waals surface area (Å²) >= 11 is 1.46. The molecule has 3 heteroatoms. The predicted octanol–water partition coefficient (Wildman–Crippen LogP) is 6.91. The van der Waals surface area contributed by atoms with E-state index < -0.39 is 0 Å². The van der Waals surface area contributed by atoms with Crippen LogP contribution in [-0.4, -0.2) is 3.21 Å². The number of halogens is 2. The first kappa shape index (κ1) is 43.7. The third kappa shape index (κ3) is 10.8. The zero-order chi connectivity index (χ0) is 35.0. The summed E-state index contributed by atoms with van der Waals surface area (Å²) in [7, 11) is 0. The zero-order valence-corrected chi connectivity index (χ0v) is 35.8. The minimum atomic E-state index is 0. The van der Waals surface area contributed by atoms with Crippen LogP contribution in [0.1, 0.15) is 91.5 Å². The van der Waals surface area contributed by atoms with Gasteiger partial charge in [-0.25, -0.2) is 5.57 Å². The van der Waals surface area contributed by atoms with E-state index in [9.17, 15) is 0 Å². The molecule has 0 fully saturated rings. The van der Waals surface area contributed by atoms with Crippen molar-refractivity contribution in [2.75, 3.05) is 0 Å². The molecule has 0 bridgehead atoms. The van der Waals surface area contributed by atoms with Crippen LogP contribution in [0.4, 0.5) is 0 Å². The molecule has 264 valence electrons. The van der Waals surface area contributed by atoms with Crippen molar-refractivity contribution in [3.8, 4) is 0 Å². The second-order valence-electron chi connectivity index (χ2n) is 14.4. The van der Waals surface area contributed by atoms with Gasteiger partial charge in [-0.1, -0.05) is 128 Å².